The number of guanidine groups is 1. The van der Waals surface area contributed by atoms with E-state index in [0.717, 1.165) is 13.1 Å². The Balaban J connectivity index is 0.00000363. The number of amides is 1. The quantitative estimate of drug-likeness (QED) is 0.313. The fourth-order valence-corrected chi connectivity index (χ4v) is 3.38. The van der Waals surface area contributed by atoms with Crippen LogP contribution in [0, 0.1) is 5.82 Å². The molecule has 0 spiro atoms. The van der Waals surface area contributed by atoms with Crippen LogP contribution in [-0.2, 0) is 4.79 Å². The molecular formula is C23H31FIN5O2. The molecule has 0 saturated carbocycles. The maximum atomic E-state index is 13.7. The first-order chi connectivity index (χ1) is 15.1. The van der Waals surface area contributed by atoms with E-state index in [4.69, 9.17) is 4.74 Å². The van der Waals surface area contributed by atoms with Crippen LogP contribution in [0.5, 0.6) is 5.75 Å². The van der Waals surface area contributed by atoms with Crippen molar-refractivity contribution in [3.8, 4) is 5.75 Å². The molecule has 1 aliphatic rings. The van der Waals surface area contributed by atoms with Crippen molar-refractivity contribution in [2.75, 3.05) is 51.2 Å². The first-order valence-electron chi connectivity index (χ1n) is 10.5. The number of rotatable bonds is 7. The Labute approximate surface area is 206 Å². The highest BCUT2D eigenvalue weighted by Gasteiger charge is 2.21. The molecular weight excluding hydrogens is 524 g/mol. The number of hydrogen-bond acceptors (Lipinski definition) is 4. The van der Waals surface area contributed by atoms with Crippen LogP contribution in [0.1, 0.15) is 6.92 Å². The highest BCUT2D eigenvalue weighted by molar-refractivity contribution is 14.0. The molecule has 0 bridgehead atoms. The number of benzene rings is 2. The van der Waals surface area contributed by atoms with Crippen molar-refractivity contribution in [3.63, 3.8) is 0 Å². The minimum absolute atomic E-state index is 0. The number of halogens is 2. The van der Waals surface area contributed by atoms with E-state index in [0.29, 0.717) is 25.6 Å². The second-order valence-corrected chi connectivity index (χ2v) is 7.37. The summed E-state index contributed by atoms with van der Waals surface area (Å²) in [7, 11) is 1.64. The van der Waals surface area contributed by atoms with Crippen LogP contribution in [0.25, 0.3) is 0 Å². The van der Waals surface area contributed by atoms with E-state index in [-0.39, 0.29) is 48.3 Å². The third-order valence-electron chi connectivity index (χ3n) is 5.11. The number of aliphatic imine (C=N–C) groups is 1. The molecule has 174 valence electrons. The fourth-order valence-electron chi connectivity index (χ4n) is 3.38. The largest absolute Gasteiger partial charge is 0.486 e. The molecule has 0 radical (unpaired) electrons. The predicted molar refractivity (Wildman–Crippen MR) is 137 cm³/mol. The Morgan fingerprint density at radius 2 is 1.72 bits per heavy atom. The van der Waals surface area contributed by atoms with Crippen LogP contribution in [-0.4, -0.2) is 69.2 Å². The Bertz CT molecular complexity index is 876. The number of carbonyl (C=O) groups is 1. The van der Waals surface area contributed by atoms with Crippen molar-refractivity contribution in [1.29, 1.82) is 0 Å². The molecule has 1 heterocycles. The van der Waals surface area contributed by atoms with Crippen molar-refractivity contribution >= 4 is 41.5 Å². The van der Waals surface area contributed by atoms with E-state index in [1.54, 1.807) is 25.2 Å². The van der Waals surface area contributed by atoms with Crippen LogP contribution in [0.15, 0.2) is 59.6 Å². The van der Waals surface area contributed by atoms with Crippen molar-refractivity contribution in [2.24, 2.45) is 4.99 Å². The zero-order valence-corrected chi connectivity index (χ0v) is 20.8. The Morgan fingerprint density at radius 1 is 1.06 bits per heavy atom. The van der Waals surface area contributed by atoms with Gasteiger partial charge in [-0.3, -0.25) is 9.79 Å². The summed E-state index contributed by atoms with van der Waals surface area (Å²) >= 11 is 0. The SMILES string of the molecule is CN=C(NCC(=O)N1CCN(c2ccccc2)CC1)NCC(C)Oc1ccccc1F.I. The predicted octanol–water partition coefficient (Wildman–Crippen LogP) is 2.72. The minimum atomic E-state index is -0.394. The van der Waals surface area contributed by atoms with Crippen molar-refractivity contribution in [2.45, 2.75) is 13.0 Å². The molecule has 1 saturated heterocycles. The summed E-state index contributed by atoms with van der Waals surface area (Å²) < 4.78 is 19.3. The van der Waals surface area contributed by atoms with Gasteiger partial charge in [-0.15, -0.1) is 24.0 Å². The van der Waals surface area contributed by atoms with Gasteiger partial charge in [-0.1, -0.05) is 30.3 Å². The lowest BCUT2D eigenvalue weighted by molar-refractivity contribution is -0.130. The molecule has 1 amide bonds. The molecule has 1 atom stereocenters. The molecule has 1 aliphatic heterocycles. The number of piperazine rings is 1. The summed E-state index contributed by atoms with van der Waals surface area (Å²) in [6, 6.07) is 16.5. The zero-order valence-electron chi connectivity index (χ0n) is 18.5. The van der Waals surface area contributed by atoms with Gasteiger partial charge in [0.15, 0.2) is 17.5 Å². The average Bonchev–Trinajstić information content (AvgIpc) is 2.81. The molecule has 7 nitrogen and oxygen atoms in total. The van der Waals surface area contributed by atoms with Gasteiger partial charge in [-0.25, -0.2) is 4.39 Å². The first kappa shape index (κ1) is 25.7. The van der Waals surface area contributed by atoms with Crippen LogP contribution in [0.3, 0.4) is 0 Å². The third kappa shape index (κ3) is 7.54. The number of nitrogens with one attached hydrogen (secondary N) is 2. The van der Waals surface area contributed by atoms with Gasteiger partial charge in [0.25, 0.3) is 0 Å². The van der Waals surface area contributed by atoms with Gasteiger partial charge in [0.2, 0.25) is 5.91 Å². The van der Waals surface area contributed by atoms with Crippen molar-refractivity contribution < 1.29 is 13.9 Å². The fraction of sp³-hybridized carbons (Fsp3) is 0.391. The lowest BCUT2D eigenvalue weighted by atomic mass is 10.2. The average molecular weight is 555 g/mol. The lowest BCUT2D eigenvalue weighted by Gasteiger charge is -2.36. The molecule has 0 aromatic heterocycles. The van der Waals surface area contributed by atoms with Gasteiger partial charge in [-0.2, -0.15) is 0 Å². The number of anilines is 1. The van der Waals surface area contributed by atoms with E-state index in [9.17, 15) is 9.18 Å². The summed E-state index contributed by atoms with van der Waals surface area (Å²) in [6.07, 6.45) is -0.280. The molecule has 2 N–H and O–H groups in total. The number of hydrogen-bond donors (Lipinski definition) is 2. The van der Waals surface area contributed by atoms with E-state index >= 15 is 0 Å². The van der Waals surface area contributed by atoms with Gasteiger partial charge < -0.3 is 25.2 Å². The molecule has 0 aliphatic carbocycles. The topological polar surface area (TPSA) is 69.2 Å². The maximum Gasteiger partial charge on any atom is 0.242 e. The molecule has 2 aromatic carbocycles. The molecule has 2 aromatic rings. The van der Waals surface area contributed by atoms with Crippen LogP contribution in [0.4, 0.5) is 10.1 Å². The van der Waals surface area contributed by atoms with Crippen LogP contribution >= 0.6 is 24.0 Å². The lowest BCUT2D eigenvalue weighted by Crippen LogP contribution is -2.52. The third-order valence-corrected chi connectivity index (χ3v) is 5.11. The molecule has 1 unspecified atom stereocenters. The van der Waals surface area contributed by atoms with Crippen LogP contribution < -0.4 is 20.3 Å². The number of nitrogens with zero attached hydrogens (tertiary/aromatic N) is 3. The first-order valence-corrected chi connectivity index (χ1v) is 10.5. The molecule has 3 rings (SSSR count). The minimum Gasteiger partial charge on any atom is -0.486 e. The number of para-hydroxylation sites is 2. The smallest absolute Gasteiger partial charge is 0.242 e. The van der Waals surface area contributed by atoms with Crippen molar-refractivity contribution in [1.82, 2.24) is 15.5 Å². The molecule has 9 heteroatoms. The highest BCUT2D eigenvalue weighted by Crippen LogP contribution is 2.17. The summed E-state index contributed by atoms with van der Waals surface area (Å²) in [4.78, 5) is 20.9. The van der Waals surface area contributed by atoms with Gasteiger partial charge in [-0.05, 0) is 31.2 Å². The maximum absolute atomic E-state index is 13.7. The van der Waals surface area contributed by atoms with Crippen LogP contribution in [0.2, 0.25) is 0 Å². The van der Waals surface area contributed by atoms with E-state index < -0.39 is 5.82 Å². The van der Waals surface area contributed by atoms with Gasteiger partial charge in [0.1, 0.15) is 6.10 Å². The highest BCUT2D eigenvalue weighted by atomic mass is 127. The van der Waals surface area contributed by atoms with E-state index in [2.05, 4.69) is 32.7 Å². The van der Waals surface area contributed by atoms with E-state index in [1.165, 1.54) is 11.8 Å². The second kappa shape index (κ2) is 13.1. The van der Waals surface area contributed by atoms with Crippen molar-refractivity contribution in [3.05, 3.63) is 60.4 Å². The second-order valence-electron chi connectivity index (χ2n) is 7.37. The van der Waals surface area contributed by atoms with Gasteiger partial charge in [0.05, 0.1) is 13.1 Å². The number of ether oxygens (including phenoxy) is 1. The zero-order chi connectivity index (χ0) is 22.1. The standard InChI is InChI=1S/C23H30FN5O2.HI/c1-18(31-21-11-7-6-10-20(21)24)16-26-23(25-2)27-17-22(30)29-14-12-28(13-15-29)19-8-4-3-5-9-19;/h3-11,18H,12-17H2,1-2H3,(H2,25,26,27);1H. The van der Waals surface area contributed by atoms with E-state index in [1.807, 2.05) is 30.0 Å². The summed E-state index contributed by atoms with van der Waals surface area (Å²) in [5.74, 6) is 0.353. The summed E-state index contributed by atoms with van der Waals surface area (Å²) in [5, 5.41) is 6.15. The summed E-state index contributed by atoms with van der Waals surface area (Å²) in [5.41, 5.74) is 1.18. The molecule has 32 heavy (non-hydrogen) atoms. The number of carbonyl (C=O) groups excluding carboxylic acids is 1. The summed E-state index contributed by atoms with van der Waals surface area (Å²) in [6.45, 7) is 5.42. The van der Waals surface area contributed by atoms with Gasteiger partial charge in [0, 0.05) is 38.9 Å². The molecule has 1 fully saturated rings. The Kier molecular flexibility index (Phi) is 10.5. The Morgan fingerprint density at radius 3 is 2.38 bits per heavy atom. The van der Waals surface area contributed by atoms with Gasteiger partial charge >= 0.3 is 0 Å². The Hall–Kier alpha value is -2.56. The monoisotopic (exact) mass is 555 g/mol. The normalized spacial score (nSPS) is 14.9.